The molecule has 21 heavy (non-hydrogen) atoms. The van der Waals surface area contributed by atoms with Crippen LogP contribution in [0.15, 0.2) is 51.5 Å². The van der Waals surface area contributed by atoms with E-state index < -0.39 is 0 Å². The number of alkyl halides is 1. The topological polar surface area (TPSA) is 61.3 Å². The minimum Gasteiger partial charge on any atom is -0.369 e. The second-order valence-corrected chi connectivity index (χ2v) is 5.03. The molecule has 6 heteroatoms. The Hall–Kier alpha value is -1.92. The first-order chi connectivity index (χ1) is 10.3. The van der Waals surface area contributed by atoms with Gasteiger partial charge >= 0.3 is 0 Å². The van der Waals surface area contributed by atoms with Crippen LogP contribution in [-0.2, 0) is 23.3 Å². The third-order valence-corrected chi connectivity index (χ3v) is 3.42. The number of benzene rings is 1. The van der Waals surface area contributed by atoms with Crippen molar-refractivity contribution >= 4 is 15.9 Å². The van der Waals surface area contributed by atoms with E-state index in [0.717, 1.165) is 11.3 Å². The van der Waals surface area contributed by atoms with Crippen molar-refractivity contribution in [2.45, 2.75) is 18.5 Å². The Morgan fingerprint density at radius 3 is 2.24 bits per heavy atom. The van der Waals surface area contributed by atoms with Gasteiger partial charge in [0.05, 0.1) is 11.9 Å². The Morgan fingerprint density at radius 2 is 1.57 bits per heavy atom. The van der Waals surface area contributed by atoms with Crippen molar-refractivity contribution < 1.29 is 13.8 Å². The van der Waals surface area contributed by atoms with Crippen LogP contribution in [0.3, 0.4) is 0 Å². The molecular formula is C15H13BrN2O3. The van der Waals surface area contributed by atoms with Crippen LogP contribution < -0.4 is 0 Å². The minimum atomic E-state index is 0.366. The van der Waals surface area contributed by atoms with Crippen molar-refractivity contribution in [1.82, 2.24) is 10.3 Å². The average molecular weight is 349 g/mol. The van der Waals surface area contributed by atoms with Crippen LogP contribution in [-0.4, -0.2) is 10.3 Å². The van der Waals surface area contributed by atoms with E-state index in [1.54, 1.807) is 6.07 Å². The molecule has 0 spiro atoms. The predicted octanol–water partition coefficient (Wildman–Crippen LogP) is 3.94. The van der Waals surface area contributed by atoms with Gasteiger partial charge in [-0.3, -0.25) is 0 Å². The molecule has 1 aromatic carbocycles. The van der Waals surface area contributed by atoms with Gasteiger partial charge in [0.2, 0.25) is 0 Å². The summed E-state index contributed by atoms with van der Waals surface area (Å²) in [6.45, 7) is 0.902. The number of nitrogens with zero attached hydrogens (tertiary/aromatic N) is 2. The average Bonchev–Trinajstić information content (AvgIpc) is 3.17. The van der Waals surface area contributed by atoms with Crippen molar-refractivity contribution in [1.29, 1.82) is 0 Å². The van der Waals surface area contributed by atoms with E-state index in [9.17, 15) is 0 Å². The minimum absolute atomic E-state index is 0.366. The fraction of sp³-hybridized carbons (Fsp3) is 0.200. The molecule has 0 fully saturated rings. The summed E-state index contributed by atoms with van der Waals surface area (Å²) >= 11 is 3.31. The van der Waals surface area contributed by atoms with E-state index in [0.29, 0.717) is 35.7 Å². The molecule has 0 unspecified atom stereocenters. The number of hydrogen-bond acceptors (Lipinski definition) is 5. The van der Waals surface area contributed by atoms with E-state index in [1.165, 1.54) is 0 Å². The van der Waals surface area contributed by atoms with Crippen LogP contribution in [0.5, 0.6) is 0 Å². The first-order valence-electron chi connectivity index (χ1n) is 6.44. The van der Waals surface area contributed by atoms with Gasteiger partial charge < -0.3 is 13.8 Å². The molecule has 3 aromatic rings. The summed E-state index contributed by atoms with van der Waals surface area (Å²) < 4.78 is 15.9. The van der Waals surface area contributed by atoms with E-state index in [4.69, 9.17) is 13.8 Å². The van der Waals surface area contributed by atoms with Gasteiger partial charge in [-0.2, -0.15) is 0 Å². The Morgan fingerprint density at radius 1 is 0.905 bits per heavy atom. The number of rotatable bonds is 6. The highest BCUT2D eigenvalue weighted by Crippen LogP contribution is 2.20. The summed E-state index contributed by atoms with van der Waals surface area (Å²) in [5, 5.41) is 8.51. The maximum absolute atomic E-state index is 5.60. The second-order valence-electron chi connectivity index (χ2n) is 4.47. The molecule has 3 rings (SSSR count). The molecule has 0 saturated heterocycles. The summed E-state index contributed by atoms with van der Waals surface area (Å²) in [7, 11) is 0. The second kappa shape index (κ2) is 6.69. The lowest BCUT2D eigenvalue weighted by molar-refractivity contribution is 0.0884. The van der Waals surface area contributed by atoms with Gasteiger partial charge in [-0.1, -0.05) is 56.6 Å². The summed E-state index contributed by atoms with van der Waals surface area (Å²) in [5.41, 5.74) is 2.42. The molecule has 5 nitrogen and oxygen atoms in total. The van der Waals surface area contributed by atoms with Gasteiger partial charge in [0, 0.05) is 12.1 Å². The van der Waals surface area contributed by atoms with Crippen molar-refractivity contribution in [2.24, 2.45) is 0 Å². The summed E-state index contributed by atoms with van der Waals surface area (Å²) in [6.07, 6.45) is 0. The van der Waals surface area contributed by atoms with Gasteiger partial charge in [-0.15, -0.1) is 0 Å². The molecule has 2 aromatic heterocycles. The van der Waals surface area contributed by atoms with Crippen molar-refractivity contribution in [3.63, 3.8) is 0 Å². The summed E-state index contributed by atoms with van der Waals surface area (Å²) in [4.78, 5) is 0. The van der Waals surface area contributed by atoms with Gasteiger partial charge in [0.1, 0.15) is 23.8 Å². The van der Waals surface area contributed by atoms with Crippen LogP contribution in [0.4, 0.5) is 0 Å². The highest BCUT2D eigenvalue weighted by atomic mass is 79.9. The highest BCUT2D eigenvalue weighted by molar-refractivity contribution is 9.08. The van der Waals surface area contributed by atoms with Crippen LogP contribution in [0, 0.1) is 0 Å². The highest BCUT2D eigenvalue weighted by Gasteiger charge is 2.11. The molecule has 0 radical (unpaired) electrons. The zero-order valence-electron chi connectivity index (χ0n) is 11.2. The van der Waals surface area contributed by atoms with E-state index in [2.05, 4.69) is 26.2 Å². The first-order valence-corrected chi connectivity index (χ1v) is 7.56. The molecule has 2 heterocycles. The summed E-state index contributed by atoms with van der Waals surface area (Å²) in [5.74, 6) is 1.40. The molecule has 0 bridgehead atoms. The normalized spacial score (nSPS) is 10.9. The first kappa shape index (κ1) is 14.0. The summed E-state index contributed by atoms with van der Waals surface area (Å²) in [6, 6.07) is 13.6. The lowest BCUT2D eigenvalue weighted by atomic mass is 10.2. The van der Waals surface area contributed by atoms with Crippen molar-refractivity contribution in [3.05, 3.63) is 59.5 Å². The molecule has 0 atom stereocenters. The van der Waals surface area contributed by atoms with E-state index in [1.807, 2.05) is 36.4 Å². The number of halogens is 1. The van der Waals surface area contributed by atoms with Gasteiger partial charge in [-0.25, -0.2) is 0 Å². The fourth-order valence-electron chi connectivity index (χ4n) is 1.84. The van der Waals surface area contributed by atoms with Gasteiger partial charge in [0.25, 0.3) is 0 Å². The zero-order valence-corrected chi connectivity index (χ0v) is 12.7. The molecule has 108 valence electrons. The standard InChI is InChI=1S/C15H13BrN2O3/c16-8-12-6-14(17-20-12)15-7-13(21-18-15)10-19-9-11-4-2-1-3-5-11/h1-7H,8-10H2. The number of aromatic nitrogens is 2. The van der Waals surface area contributed by atoms with Crippen LogP contribution in [0.2, 0.25) is 0 Å². The molecule has 0 aliphatic rings. The van der Waals surface area contributed by atoms with Gasteiger partial charge in [0.15, 0.2) is 5.76 Å². The Bertz CT molecular complexity index is 694. The zero-order chi connectivity index (χ0) is 14.5. The van der Waals surface area contributed by atoms with Crippen LogP contribution in [0.1, 0.15) is 17.1 Å². The predicted molar refractivity (Wildman–Crippen MR) is 79.6 cm³/mol. The van der Waals surface area contributed by atoms with Crippen molar-refractivity contribution in [2.75, 3.05) is 0 Å². The van der Waals surface area contributed by atoms with Crippen LogP contribution >= 0.6 is 15.9 Å². The monoisotopic (exact) mass is 348 g/mol. The SMILES string of the molecule is BrCc1cc(-c2cc(COCc3ccccc3)on2)no1. The van der Waals surface area contributed by atoms with Gasteiger partial charge in [-0.05, 0) is 5.56 Å². The lowest BCUT2D eigenvalue weighted by Gasteiger charge is -2.00. The Kier molecular flexibility index (Phi) is 4.47. The lowest BCUT2D eigenvalue weighted by Crippen LogP contribution is -1.92. The Balaban J connectivity index is 1.58. The van der Waals surface area contributed by atoms with Crippen molar-refractivity contribution in [3.8, 4) is 11.4 Å². The third kappa shape index (κ3) is 3.59. The fourth-order valence-corrected chi connectivity index (χ4v) is 2.11. The van der Waals surface area contributed by atoms with E-state index in [-0.39, 0.29) is 0 Å². The molecular weight excluding hydrogens is 336 g/mol. The number of ether oxygens (including phenoxy) is 1. The number of hydrogen-bond donors (Lipinski definition) is 0. The Labute approximate surface area is 130 Å². The third-order valence-electron chi connectivity index (χ3n) is 2.87. The quantitative estimate of drug-likeness (QED) is 0.631. The molecule has 0 N–H and O–H groups in total. The van der Waals surface area contributed by atoms with Crippen LogP contribution in [0.25, 0.3) is 11.4 Å². The maximum Gasteiger partial charge on any atom is 0.163 e. The molecule has 0 amide bonds. The van der Waals surface area contributed by atoms with E-state index >= 15 is 0 Å². The maximum atomic E-state index is 5.60. The molecule has 0 aliphatic carbocycles. The molecule has 0 aliphatic heterocycles. The molecule has 0 saturated carbocycles. The largest absolute Gasteiger partial charge is 0.369 e. The smallest absolute Gasteiger partial charge is 0.163 e.